The van der Waals surface area contributed by atoms with E-state index in [1.54, 1.807) is 4.90 Å². The predicted molar refractivity (Wildman–Crippen MR) is 68.5 cm³/mol. The van der Waals surface area contributed by atoms with Gasteiger partial charge < -0.3 is 10.2 Å². The van der Waals surface area contributed by atoms with Crippen molar-refractivity contribution in [2.75, 3.05) is 13.1 Å². The second-order valence-corrected chi connectivity index (χ2v) is 5.37. The van der Waals surface area contributed by atoms with Crippen LogP contribution in [0.25, 0.3) is 0 Å². The SMILES string of the molecule is C#CCCCN1CCC(=O)NC(C)(C2CC2)C1=O. The first-order valence-electron chi connectivity index (χ1n) is 6.62. The number of carbonyl (C=O) groups is 2. The minimum Gasteiger partial charge on any atom is -0.342 e. The minimum absolute atomic E-state index is 0.0165. The van der Waals surface area contributed by atoms with Crippen molar-refractivity contribution < 1.29 is 9.59 Å². The molecule has 4 heteroatoms. The molecule has 0 aromatic carbocycles. The summed E-state index contributed by atoms with van der Waals surface area (Å²) in [5.41, 5.74) is -0.691. The molecule has 2 amide bonds. The Labute approximate surface area is 108 Å². The Balaban J connectivity index is 2.08. The van der Waals surface area contributed by atoms with E-state index < -0.39 is 5.54 Å². The highest BCUT2D eigenvalue weighted by atomic mass is 16.2. The third kappa shape index (κ3) is 2.50. The normalized spacial score (nSPS) is 28.6. The van der Waals surface area contributed by atoms with Gasteiger partial charge in [0.15, 0.2) is 0 Å². The average Bonchev–Trinajstić information content (AvgIpc) is 3.16. The first-order chi connectivity index (χ1) is 8.58. The maximum absolute atomic E-state index is 12.5. The van der Waals surface area contributed by atoms with Crippen LogP contribution in [0.3, 0.4) is 0 Å². The molecule has 0 radical (unpaired) electrons. The zero-order valence-corrected chi connectivity index (χ0v) is 10.9. The Bertz CT molecular complexity index is 395. The molecule has 1 aliphatic heterocycles. The molecule has 1 heterocycles. The van der Waals surface area contributed by atoms with Gasteiger partial charge in [-0.1, -0.05) is 0 Å². The molecular weight excluding hydrogens is 228 g/mol. The second-order valence-electron chi connectivity index (χ2n) is 5.37. The first kappa shape index (κ1) is 12.9. The molecule has 1 unspecified atom stereocenters. The van der Waals surface area contributed by atoms with Crippen LogP contribution in [0, 0.1) is 18.3 Å². The number of nitrogens with zero attached hydrogens (tertiary/aromatic N) is 1. The van der Waals surface area contributed by atoms with Gasteiger partial charge in [0.05, 0.1) is 0 Å². The largest absolute Gasteiger partial charge is 0.342 e. The van der Waals surface area contributed by atoms with E-state index >= 15 is 0 Å². The number of carbonyl (C=O) groups excluding carboxylic acids is 2. The molecule has 2 fully saturated rings. The van der Waals surface area contributed by atoms with Gasteiger partial charge in [0.1, 0.15) is 5.54 Å². The molecule has 1 N–H and O–H groups in total. The number of hydrogen-bond acceptors (Lipinski definition) is 2. The fourth-order valence-corrected chi connectivity index (χ4v) is 2.59. The fourth-order valence-electron chi connectivity index (χ4n) is 2.59. The fraction of sp³-hybridized carbons (Fsp3) is 0.714. The summed E-state index contributed by atoms with van der Waals surface area (Å²) < 4.78 is 0. The standard InChI is InChI=1S/C14H20N2O2/c1-3-4-5-9-16-10-8-12(17)15-14(2,13(16)18)11-6-7-11/h1,11H,4-10H2,2H3,(H,15,17). The highest BCUT2D eigenvalue weighted by molar-refractivity contribution is 5.93. The average molecular weight is 248 g/mol. The summed E-state index contributed by atoms with van der Waals surface area (Å²) in [6.07, 6.45) is 9.15. The van der Waals surface area contributed by atoms with E-state index in [-0.39, 0.29) is 11.8 Å². The number of amides is 2. The Kier molecular flexibility index (Phi) is 3.60. The lowest BCUT2D eigenvalue weighted by atomic mass is 9.94. The third-order valence-corrected chi connectivity index (χ3v) is 3.88. The van der Waals surface area contributed by atoms with Gasteiger partial charge in [0.25, 0.3) is 0 Å². The topological polar surface area (TPSA) is 49.4 Å². The second kappa shape index (κ2) is 5.01. The highest BCUT2D eigenvalue weighted by Gasteiger charge is 2.50. The van der Waals surface area contributed by atoms with Crippen molar-refractivity contribution in [3.8, 4) is 12.3 Å². The predicted octanol–water partition coefficient (Wildman–Crippen LogP) is 0.917. The summed E-state index contributed by atoms with van der Waals surface area (Å²) in [6.45, 7) is 3.03. The van der Waals surface area contributed by atoms with Gasteiger partial charge >= 0.3 is 0 Å². The molecule has 0 aromatic rings. The Morgan fingerprint density at radius 1 is 1.50 bits per heavy atom. The van der Waals surface area contributed by atoms with Gasteiger partial charge in [-0.05, 0) is 32.1 Å². The van der Waals surface area contributed by atoms with E-state index in [0.717, 1.165) is 19.3 Å². The van der Waals surface area contributed by atoms with E-state index in [2.05, 4.69) is 11.2 Å². The summed E-state index contributed by atoms with van der Waals surface area (Å²) >= 11 is 0. The molecular formula is C14H20N2O2. The van der Waals surface area contributed by atoms with Crippen LogP contribution in [-0.2, 0) is 9.59 Å². The van der Waals surface area contributed by atoms with Crippen molar-refractivity contribution >= 4 is 11.8 Å². The Morgan fingerprint density at radius 3 is 2.83 bits per heavy atom. The number of terminal acetylenes is 1. The van der Waals surface area contributed by atoms with Crippen LogP contribution in [0.4, 0.5) is 0 Å². The van der Waals surface area contributed by atoms with E-state index in [1.807, 2.05) is 6.92 Å². The summed E-state index contributed by atoms with van der Waals surface area (Å²) in [4.78, 5) is 26.1. The smallest absolute Gasteiger partial charge is 0.248 e. The van der Waals surface area contributed by atoms with Gasteiger partial charge in [0, 0.05) is 25.9 Å². The number of unbranched alkanes of at least 4 members (excludes halogenated alkanes) is 1. The van der Waals surface area contributed by atoms with Crippen molar-refractivity contribution in [1.82, 2.24) is 10.2 Å². The summed E-state index contributed by atoms with van der Waals surface area (Å²) in [5, 5.41) is 2.92. The Morgan fingerprint density at radius 2 is 2.22 bits per heavy atom. The lowest BCUT2D eigenvalue weighted by molar-refractivity contribution is -0.139. The van der Waals surface area contributed by atoms with Crippen LogP contribution in [0.1, 0.15) is 39.0 Å². The molecule has 4 nitrogen and oxygen atoms in total. The number of hydrogen-bond donors (Lipinski definition) is 1. The highest BCUT2D eigenvalue weighted by Crippen LogP contribution is 2.41. The van der Waals surface area contributed by atoms with Crippen molar-refractivity contribution in [1.29, 1.82) is 0 Å². The molecule has 98 valence electrons. The molecule has 0 bridgehead atoms. The van der Waals surface area contributed by atoms with Crippen LogP contribution in [0.15, 0.2) is 0 Å². The maximum atomic E-state index is 12.5. The molecule has 1 saturated heterocycles. The lowest BCUT2D eigenvalue weighted by Gasteiger charge is -2.32. The van der Waals surface area contributed by atoms with Crippen LogP contribution in [0.5, 0.6) is 0 Å². The molecule has 0 spiro atoms. The van der Waals surface area contributed by atoms with Crippen molar-refractivity contribution in [3.63, 3.8) is 0 Å². The van der Waals surface area contributed by atoms with Crippen LogP contribution in [0.2, 0.25) is 0 Å². The summed E-state index contributed by atoms with van der Waals surface area (Å²) in [7, 11) is 0. The molecule has 1 aliphatic carbocycles. The lowest BCUT2D eigenvalue weighted by Crippen LogP contribution is -2.56. The first-order valence-corrected chi connectivity index (χ1v) is 6.62. The monoisotopic (exact) mass is 248 g/mol. The van der Waals surface area contributed by atoms with Gasteiger partial charge in [-0.25, -0.2) is 0 Å². The van der Waals surface area contributed by atoms with E-state index in [1.165, 1.54) is 0 Å². The quantitative estimate of drug-likeness (QED) is 0.594. The zero-order chi connectivity index (χ0) is 13.2. The van der Waals surface area contributed by atoms with Gasteiger partial charge in [-0.15, -0.1) is 12.3 Å². The third-order valence-electron chi connectivity index (χ3n) is 3.88. The number of nitrogens with one attached hydrogen (secondary N) is 1. The van der Waals surface area contributed by atoms with E-state index in [0.29, 0.717) is 31.8 Å². The van der Waals surface area contributed by atoms with Crippen LogP contribution >= 0.6 is 0 Å². The molecule has 1 atom stereocenters. The van der Waals surface area contributed by atoms with E-state index in [9.17, 15) is 9.59 Å². The summed E-state index contributed by atoms with van der Waals surface area (Å²) in [6, 6.07) is 0. The minimum atomic E-state index is -0.691. The van der Waals surface area contributed by atoms with Crippen LogP contribution in [-0.4, -0.2) is 35.3 Å². The molecule has 2 rings (SSSR count). The van der Waals surface area contributed by atoms with Gasteiger partial charge in [0.2, 0.25) is 11.8 Å². The van der Waals surface area contributed by atoms with Crippen molar-refractivity contribution in [3.05, 3.63) is 0 Å². The Hall–Kier alpha value is -1.50. The number of rotatable bonds is 4. The molecule has 0 aromatic heterocycles. The molecule has 2 aliphatic rings. The summed E-state index contributed by atoms with van der Waals surface area (Å²) in [5.74, 6) is 2.94. The van der Waals surface area contributed by atoms with Crippen molar-refractivity contribution in [2.45, 2.75) is 44.6 Å². The molecule has 1 saturated carbocycles. The van der Waals surface area contributed by atoms with Gasteiger partial charge in [-0.2, -0.15) is 0 Å². The van der Waals surface area contributed by atoms with Crippen molar-refractivity contribution in [2.24, 2.45) is 5.92 Å². The zero-order valence-electron chi connectivity index (χ0n) is 10.9. The maximum Gasteiger partial charge on any atom is 0.248 e. The van der Waals surface area contributed by atoms with Crippen LogP contribution < -0.4 is 5.32 Å². The van der Waals surface area contributed by atoms with Gasteiger partial charge in [-0.3, -0.25) is 9.59 Å². The molecule has 18 heavy (non-hydrogen) atoms. The van der Waals surface area contributed by atoms with E-state index in [4.69, 9.17) is 6.42 Å².